The molecular weight excluding hydrogens is 224 g/mol. The van der Waals surface area contributed by atoms with Crippen molar-refractivity contribution in [3.05, 3.63) is 41.6 Å². The fourth-order valence-electron chi connectivity index (χ4n) is 1.97. The first-order valence-corrected chi connectivity index (χ1v) is 6.21. The predicted octanol–water partition coefficient (Wildman–Crippen LogP) is 2.61. The van der Waals surface area contributed by atoms with Crippen molar-refractivity contribution in [2.45, 2.75) is 33.2 Å². The Bertz CT molecular complexity index is 576. The molecule has 0 atom stereocenters. The Kier molecular flexibility index (Phi) is 3.60. The lowest BCUT2D eigenvalue weighted by atomic mass is 10.1. The first kappa shape index (κ1) is 12.6. The Morgan fingerprint density at radius 1 is 1.28 bits per heavy atom. The summed E-state index contributed by atoms with van der Waals surface area (Å²) in [5, 5.41) is 3.99. The summed E-state index contributed by atoms with van der Waals surface area (Å²) in [5.41, 5.74) is 2.93. The highest BCUT2D eigenvalue weighted by atomic mass is 16.1. The number of aryl methyl sites for hydroxylation is 1. The Morgan fingerprint density at radius 3 is 2.78 bits per heavy atom. The third-order valence-corrected chi connectivity index (χ3v) is 2.77. The summed E-state index contributed by atoms with van der Waals surface area (Å²) in [5.74, 6) is 0.0189. The van der Waals surface area contributed by atoms with E-state index in [1.54, 1.807) is 0 Å². The first-order chi connectivity index (χ1) is 8.56. The highest BCUT2D eigenvalue weighted by molar-refractivity contribution is 5.83. The van der Waals surface area contributed by atoms with Gasteiger partial charge in [-0.25, -0.2) is 0 Å². The minimum atomic E-state index is 0.0189. The molecule has 0 spiro atoms. The normalized spacial score (nSPS) is 10.9. The summed E-state index contributed by atoms with van der Waals surface area (Å²) in [6, 6.07) is 10.2. The van der Waals surface area contributed by atoms with Crippen molar-refractivity contribution in [1.29, 1.82) is 0 Å². The van der Waals surface area contributed by atoms with Gasteiger partial charge in [-0.15, -0.1) is 0 Å². The van der Waals surface area contributed by atoms with Gasteiger partial charge in [0.2, 0.25) is 5.91 Å². The van der Waals surface area contributed by atoms with E-state index in [0.29, 0.717) is 6.42 Å². The van der Waals surface area contributed by atoms with Gasteiger partial charge in [0, 0.05) is 11.4 Å². The van der Waals surface area contributed by atoms with E-state index in [9.17, 15) is 4.79 Å². The number of para-hydroxylation sites is 1. The van der Waals surface area contributed by atoms with Crippen LogP contribution in [0.3, 0.4) is 0 Å². The van der Waals surface area contributed by atoms with Crippen LogP contribution in [0.2, 0.25) is 0 Å². The SMILES string of the molecule is Cc1cccc2ccc(CC(=O)NC(C)C)nc12. The molecule has 0 saturated carbocycles. The molecule has 2 rings (SSSR count). The summed E-state index contributed by atoms with van der Waals surface area (Å²) >= 11 is 0. The molecule has 0 unspecified atom stereocenters. The van der Waals surface area contributed by atoms with Gasteiger partial charge in [0.1, 0.15) is 0 Å². The Labute approximate surface area is 107 Å². The van der Waals surface area contributed by atoms with E-state index < -0.39 is 0 Å². The number of rotatable bonds is 3. The number of pyridine rings is 1. The van der Waals surface area contributed by atoms with Crippen LogP contribution in [-0.2, 0) is 11.2 Å². The fourth-order valence-corrected chi connectivity index (χ4v) is 1.97. The van der Waals surface area contributed by atoms with Gasteiger partial charge < -0.3 is 5.32 Å². The molecule has 1 aromatic carbocycles. The molecule has 1 N–H and O–H groups in total. The van der Waals surface area contributed by atoms with Crippen LogP contribution in [0.15, 0.2) is 30.3 Å². The lowest BCUT2D eigenvalue weighted by molar-refractivity contribution is -0.120. The van der Waals surface area contributed by atoms with Crippen molar-refractivity contribution in [2.75, 3.05) is 0 Å². The standard InChI is InChI=1S/C15H18N2O/c1-10(2)16-14(18)9-13-8-7-12-6-4-5-11(3)15(12)17-13/h4-8,10H,9H2,1-3H3,(H,16,18). The number of aromatic nitrogens is 1. The summed E-state index contributed by atoms with van der Waals surface area (Å²) in [6.45, 7) is 5.94. The van der Waals surface area contributed by atoms with Crippen LogP contribution in [-0.4, -0.2) is 16.9 Å². The zero-order chi connectivity index (χ0) is 13.1. The number of hydrogen-bond acceptors (Lipinski definition) is 2. The number of carbonyl (C=O) groups is 1. The second-order valence-electron chi connectivity index (χ2n) is 4.85. The zero-order valence-corrected chi connectivity index (χ0v) is 11.0. The van der Waals surface area contributed by atoms with Crippen LogP contribution in [0.5, 0.6) is 0 Å². The van der Waals surface area contributed by atoms with Crippen LogP contribution in [0.1, 0.15) is 25.1 Å². The predicted molar refractivity (Wildman–Crippen MR) is 73.5 cm³/mol. The number of fused-ring (bicyclic) bond motifs is 1. The van der Waals surface area contributed by atoms with E-state index in [1.807, 2.05) is 51.1 Å². The topological polar surface area (TPSA) is 42.0 Å². The van der Waals surface area contributed by atoms with Gasteiger partial charge in [-0.1, -0.05) is 24.3 Å². The van der Waals surface area contributed by atoms with Crippen molar-refractivity contribution in [3.63, 3.8) is 0 Å². The third kappa shape index (κ3) is 2.86. The van der Waals surface area contributed by atoms with Crippen molar-refractivity contribution in [2.24, 2.45) is 0 Å². The lowest BCUT2D eigenvalue weighted by Crippen LogP contribution is -2.31. The molecule has 0 radical (unpaired) electrons. The Hall–Kier alpha value is -1.90. The van der Waals surface area contributed by atoms with E-state index in [1.165, 1.54) is 0 Å². The van der Waals surface area contributed by atoms with Crippen LogP contribution >= 0.6 is 0 Å². The molecule has 0 saturated heterocycles. The Morgan fingerprint density at radius 2 is 2.06 bits per heavy atom. The number of benzene rings is 1. The van der Waals surface area contributed by atoms with Crippen molar-refractivity contribution in [1.82, 2.24) is 10.3 Å². The maximum Gasteiger partial charge on any atom is 0.226 e. The molecule has 0 fully saturated rings. The maximum atomic E-state index is 11.7. The molecule has 3 heteroatoms. The molecule has 94 valence electrons. The van der Waals surface area contributed by atoms with Crippen LogP contribution in [0.25, 0.3) is 10.9 Å². The molecule has 18 heavy (non-hydrogen) atoms. The molecule has 1 heterocycles. The maximum absolute atomic E-state index is 11.7. The number of nitrogens with one attached hydrogen (secondary N) is 1. The number of amides is 1. The molecule has 2 aromatic rings. The minimum absolute atomic E-state index is 0.0189. The van der Waals surface area contributed by atoms with Gasteiger partial charge in [0.05, 0.1) is 17.6 Å². The lowest BCUT2D eigenvalue weighted by Gasteiger charge is -2.08. The first-order valence-electron chi connectivity index (χ1n) is 6.21. The van der Waals surface area contributed by atoms with Gasteiger partial charge in [-0.2, -0.15) is 0 Å². The van der Waals surface area contributed by atoms with Crippen LogP contribution in [0, 0.1) is 6.92 Å². The molecule has 1 amide bonds. The summed E-state index contributed by atoms with van der Waals surface area (Å²) in [6.07, 6.45) is 0.336. The summed E-state index contributed by atoms with van der Waals surface area (Å²) in [4.78, 5) is 16.3. The van der Waals surface area contributed by atoms with Crippen molar-refractivity contribution in [3.8, 4) is 0 Å². The number of hydrogen-bond donors (Lipinski definition) is 1. The second-order valence-corrected chi connectivity index (χ2v) is 4.85. The molecule has 0 aliphatic rings. The van der Waals surface area contributed by atoms with Crippen LogP contribution in [0.4, 0.5) is 0 Å². The van der Waals surface area contributed by atoms with Gasteiger partial charge >= 0.3 is 0 Å². The van der Waals surface area contributed by atoms with E-state index >= 15 is 0 Å². The number of nitrogens with zero attached hydrogens (tertiary/aromatic N) is 1. The molecule has 0 bridgehead atoms. The molecular formula is C15H18N2O. The molecule has 1 aromatic heterocycles. The number of carbonyl (C=O) groups excluding carboxylic acids is 1. The van der Waals surface area contributed by atoms with Crippen molar-refractivity contribution < 1.29 is 4.79 Å². The van der Waals surface area contributed by atoms with E-state index in [-0.39, 0.29) is 11.9 Å². The summed E-state index contributed by atoms with van der Waals surface area (Å²) < 4.78 is 0. The van der Waals surface area contributed by atoms with E-state index in [0.717, 1.165) is 22.2 Å². The van der Waals surface area contributed by atoms with E-state index in [2.05, 4.69) is 10.3 Å². The van der Waals surface area contributed by atoms with Crippen LogP contribution < -0.4 is 5.32 Å². The molecule has 0 aliphatic carbocycles. The monoisotopic (exact) mass is 242 g/mol. The Balaban J connectivity index is 2.25. The highest BCUT2D eigenvalue weighted by Gasteiger charge is 2.07. The largest absolute Gasteiger partial charge is 0.354 e. The third-order valence-electron chi connectivity index (χ3n) is 2.77. The minimum Gasteiger partial charge on any atom is -0.354 e. The average Bonchev–Trinajstić information content (AvgIpc) is 2.29. The van der Waals surface area contributed by atoms with Gasteiger partial charge in [-0.3, -0.25) is 9.78 Å². The molecule has 3 nitrogen and oxygen atoms in total. The smallest absolute Gasteiger partial charge is 0.226 e. The van der Waals surface area contributed by atoms with Gasteiger partial charge in [-0.05, 0) is 32.4 Å². The average molecular weight is 242 g/mol. The second kappa shape index (κ2) is 5.17. The van der Waals surface area contributed by atoms with Gasteiger partial charge in [0.25, 0.3) is 0 Å². The van der Waals surface area contributed by atoms with Gasteiger partial charge in [0.15, 0.2) is 0 Å². The molecule has 0 aliphatic heterocycles. The quantitative estimate of drug-likeness (QED) is 0.899. The summed E-state index contributed by atoms with van der Waals surface area (Å²) in [7, 11) is 0. The van der Waals surface area contributed by atoms with Crippen molar-refractivity contribution >= 4 is 16.8 Å². The van der Waals surface area contributed by atoms with E-state index in [4.69, 9.17) is 0 Å². The fraction of sp³-hybridized carbons (Fsp3) is 0.333. The highest BCUT2D eigenvalue weighted by Crippen LogP contribution is 2.16. The zero-order valence-electron chi connectivity index (χ0n) is 11.0.